The first-order chi connectivity index (χ1) is 9.67. The van der Waals surface area contributed by atoms with Crippen LogP contribution < -0.4 is 10.6 Å². The van der Waals surface area contributed by atoms with Crippen LogP contribution >= 0.6 is 0 Å². The quantitative estimate of drug-likeness (QED) is 0.875. The molecule has 5 nitrogen and oxygen atoms in total. The summed E-state index contributed by atoms with van der Waals surface area (Å²) < 4.78 is 0. The zero-order chi connectivity index (χ0) is 14.1. The molecular weight excluding hydrogens is 250 g/mol. The van der Waals surface area contributed by atoms with E-state index in [4.69, 9.17) is 15.7 Å². The van der Waals surface area contributed by atoms with Crippen LogP contribution in [0.15, 0.2) is 0 Å². The first-order valence-corrected chi connectivity index (χ1v) is 7.76. The highest BCUT2D eigenvalue weighted by molar-refractivity contribution is 5.38. The van der Waals surface area contributed by atoms with Gasteiger partial charge in [-0.05, 0) is 26.3 Å². The van der Waals surface area contributed by atoms with Crippen molar-refractivity contribution < 1.29 is 0 Å². The van der Waals surface area contributed by atoms with Gasteiger partial charge in [0.05, 0.1) is 5.69 Å². The zero-order valence-electron chi connectivity index (χ0n) is 12.6. The first kappa shape index (κ1) is 13.8. The Hall–Kier alpha value is -1.20. The molecule has 2 aliphatic heterocycles. The predicted octanol–water partition coefficient (Wildman–Crippen LogP) is 1.09. The number of fused-ring (bicyclic) bond motifs is 1. The summed E-state index contributed by atoms with van der Waals surface area (Å²) in [6.07, 6.45) is 3.14. The molecule has 110 valence electrons. The van der Waals surface area contributed by atoms with Crippen molar-refractivity contribution >= 4 is 5.95 Å². The van der Waals surface area contributed by atoms with Crippen molar-refractivity contribution in [3.8, 4) is 0 Å². The third-order valence-corrected chi connectivity index (χ3v) is 4.60. The van der Waals surface area contributed by atoms with Crippen LogP contribution in [-0.2, 0) is 13.0 Å². The molecule has 1 fully saturated rings. The number of aromatic nitrogens is 2. The minimum atomic E-state index is 0.350. The standard InChI is InChI=1S/C15H25N5/c1-3-19-7-6-14-13(10-19)11(2)17-15(18-14)20-8-4-12(16)5-9-20/h12H,3-10,16H2,1-2H3. The van der Waals surface area contributed by atoms with Crippen molar-refractivity contribution in [1.29, 1.82) is 0 Å². The highest BCUT2D eigenvalue weighted by Crippen LogP contribution is 2.23. The van der Waals surface area contributed by atoms with Crippen LogP contribution in [0.5, 0.6) is 0 Å². The Morgan fingerprint density at radius 2 is 1.95 bits per heavy atom. The Morgan fingerprint density at radius 3 is 2.65 bits per heavy atom. The number of anilines is 1. The van der Waals surface area contributed by atoms with Crippen LogP contribution in [0.3, 0.4) is 0 Å². The summed E-state index contributed by atoms with van der Waals surface area (Å²) in [6.45, 7) is 9.53. The smallest absolute Gasteiger partial charge is 0.225 e. The number of likely N-dealkylation sites (N-methyl/N-ethyl adjacent to an activating group) is 1. The maximum atomic E-state index is 5.97. The molecule has 20 heavy (non-hydrogen) atoms. The van der Waals surface area contributed by atoms with Crippen LogP contribution in [0.2, 0.25) is 0 Å². The van der Waals surface area contributed by atoms with E-state index in [1.165, 1.54) is 11.3 Å². The lowest BCUT2D eigenvalue weighted by Gasteiger charge is -2.32. The molecule has 1 aromatic rings. The van der Waals surface area contributed by atoms with E-state index >= 15 is 0 Å². The van der Waals surface area contributed by atoms with Gasteiger partial charge in [0.2, 0.25) is 5.95 Å². The van der Waals surface area contributed by atoms with Crippen molar-refractivity contribution in [2.75, 3.05) is 31.1 Å². The second kappa shape index (κ2) is 5.66. The molecule has 0 amide bonds. The lowest BCUT2D eigenvalue weighted by atomic mass is 10.0. The molecule has 0 aromatic carbocycles. The van der Waals surface area contributed by atoms with Gasteiger partial charge in [0, 0.05) is 49.9 Å². The Kier molecular flexibility index (Phi) is 3.89. The van der Waals surface area contributed by atoms with Gasteiger partial charge >= 0.3 is 0 Å². The molecule has 2 N–H and O–H groups in total. The summed E-state index contributed by atoms with van der Waals surface area (Å²) >= 11 is 0. The number of hydrogen-bond acceptors (Lipinski definition) is 5. The van der Waals surface area contributed by atoms with Gasteiger partial charge in [-0.3, -0.25) is 4.90 Å². The lowest BCUT2D eigenvalue weighted by Crippen LogP contribution is -2.41. The van der Waals surface area contributed by atoms with E-state index in [1.54, 1.807) is 0 Å². The van der Waals surface area contributed by atoms with Crippen LogP contribution in [0.25, 0.3) is 0 Å². The number of aryl methyl sites for hydroxylation is 1. The van der Waals surface area contributed by atoms with E-state index < -0.39 is 0 Å². The van der Waals surface area contributed by atoms with E-state index in [-0.39, 0.29) is 0 Å². The molecule has 1 aromatic heterocycles. The van der Waals surface area contributed by atoms with Gasteiger partial charge in [-0.25, -0.2) is 9.97 Å². The van der Waals surface area contributed by atoms with Gasteiger partial charge in [0.25, 0.3) is 0 Å². The SMILES string of the molecule is CCN1CCc2nc(N3CCC(N)CC3)nc(C)c2C1. The number of nitrogens with zero attached hydrogens (tertiary/aromatic N) is 4. The average molecular weight is 275 g/mol. The molecule has 0 aliphatic carbocycles. The van der Waals surface area contributed by atoms with Gasteiger partial charge in [-0.2, -0.15) is 0 Å². The van der Waals surface area contributed by atoms with Gasteiger partial charge in [-0.1, -0.05) is 6.92 Å². The van der Waals surface area contributed by atoms with Crippen molar-refractivity contribution in [2.45, 2.75) is 45.7 Å². The molecular formula is C15H25N5. The Balaban J connectivity index is 1.83. The molecule has 0 saturated carbocycles. The van der Waals surface area contributed by atoms with Crippen LogP contribution in [0.1, 0.15) is 36.7 Å². The fourth-order valence-corrected chi connectivity index (χ4v) is 3.13. The van der Waals surface area contributed by atoms with Gasteiger partial charge in [-0.15, -0.1) is 0 Å². The minimum Gasteiger partial charge on any atom is -0.341 e. The van der Waals surface area contributed by atoms with Crippen molar-refractivity contribution in [1.82, 2.24) is 14.9 Å². The summed E-state index contributed by atoms with van der Waals surface area (Å²) in [4.78, 5) is 14.3. The van der Waals surface area contributed by atoms with E-state index in [2.05, 4.69) is 23.6 Å². The molecule has 0 unspecified atom stereocenters. The van der Waals surface area contributed by atoms with Crippen LogP contribution in [-0.4, -0.2) is 47.1 Å². The molecule has 2 aliphatic rings. The molecule has 3 heterocycles. The summed E-state index contributed by atoms with van der Waals surface area (Å²) in [5.74, 6) is 0.915. The van der Waals surface area contributed by atoms with E-state index in [0.717, 1.165) is 63.6 Å². The fourth-order valence-electron chi connectivity index (χ4n) is 3.13. The third kappa shape index (κ3) is 2.65. The summed E-state index contributed by atoms with van der Waals surface area (Å²) in [5, 5.41) is 0. The summed E-state index contributed by atoms with van der Waals surface area (Å²) in [5.41, 5.74) is 9.72. The van der Waals surface area contributed by atoms with Crippen molar-refractivity contribution in [3.05, 3.63) is 17.0 Å². The van der Waals surface area contributed by atoms with Crippen LogP contribution in [0, 0.1) is 6.92 Å². The zero-order valence-corrected chi connectivity index (χ0v) is 12.6. The normalized spacial score (nSPS) is 21.1. The molecule has 0 atom stereocenters. The molecule has 5 heteroatoms. The number of rotatable bonds is 2. The largest absolute Gasteiger partial charge is 0.341 e. The lowest BCUT2D eigenvalue weighted by molar-refractivity contribution is 0.264. The first-order valence-electron chi connectivity index (χ1n) is 7.76. The number of hydrogen-bond donors (Lipinski definition) is 1. The van der Waals surface area contributed by atoms with Gasteiger partial charge < -0.3 is 10.6 Å². The molecule has 0 spiro atoms. The highest BCUT2D eigenvalue weighted by Gasteiger charge is 2.23. The minimum absolute atomic E-state index is 0.350. The Morgan fingerprint density at radius 1 is 1.20 bits per heavy atom. The van der Waals surface area contributed by atoms with E-state index in [9.17, 15) is 0 Å². The molecule has 0 radical (unpaired) electrons. The van der Waals surface area contributed by atoms with Gasteiger partial charge in [0.15, 0.2) is 0 Å². The highest BCUT2D eigenvalue weighted by atomic mass is 15.3. The topological polar surface area (TPSA) is 58.3 Å². The summed E-state index contributed by atoms with van der Waals surface area (Å²) in [6, 6.07) is 0.350. The maximum Gasteiger partial charge on any atom is 0.225 e. The molecule has 1 saturated heterocycles. The monoisotopic (exact) mass is 275 g/mol. The summed E-state index contributed by atoms with van der Waals surface area (Å²) in [7, 11) is 0. The van der Waals surface area contributed by atoms with Crippen LogP contribution in [0.4, 0.5) is 5.95 Å². The number of nitrogens with two attached hydrogens (primary N) is 1. The third-order valence-electron chi connectivity index (χ3n) is 4.60. The van der Waals surface area contributed by atoms with E-state index in [1.807, 2.05) is 0 Å². The van der Waals surface area contributed by atoms with Gasteiger partial charge in [0.1, 0.15) is 0 Å². The second-order valence-corrected chi connectivity index (χ2v) is 5.98. The Bertz CT molecular complexity index is 479. The fraction of sp³-hybridized carbons (Fsp3) is 0.733. The second-order valence-electron chi connectivity index (χ2n) is 5.98. The van der Waals surface area contributed by atoms with E-state index in [0.29, 0.717) is 6.04 Å². The van der Waals surface area contributed by atoms with Crippen molar-refractivity contribution in [3.63, 3.8) is 0 Å². The number of piperidine rings is 1. The average Bonchev–Trinajstić information content (AvgIpc) is 2.47. The van der Waals surface area contributed by atoms with Crippen molar-refractivity contribution in [2.24, 2.45) is 5.73 Å². The molecule has 0 bridgehead atoms. The molecule has 3 rings (SSSR count). The Labute approximate surface area is 121 Å². The predicted molar refractivity (Wildman–Crippen MR) is 80.8 cm³/mol. The maximum absolute atomic E-state index is 5.97.